The Hall–Kier alpha value is -1.05. The van der Waals surface area contributed by atoms with Crippen LogP contribution in [0.25, 0.3) is 0 Å². The lowest BCUT2D eigenvalue weighted by atomic mass is 10.3. The second kappa shape index (κ2) is 6.77. The summed E-state index contributed by atoms with van der Waals surface area (Å²) in [4.78, 5) is -0.294. The Morgan fingerprint density at radius 1 is 1.28 bits per heavy atom. The van der Waals surface area contributed by atoms with Crippen LogP contribution < -0.4 is 4.72 Å². The van der Waals surface area contributed by atoms with Crippen molar-refractivity contribution in [3.8, 4) is 0 Å². The number of halogens is 2. The number of hydrogen-bond acceptors (Lipinski definition) is 3. The first-order chi connectivity index (χ1) is 8.47. The van der Waals surface area contributed by atoms with Crippen molar-refractivity contribution in [2.24, 2.45) is 0 Å². The molecule has 0 radical (unpaired) electrons. The molecule has 1 aromatic rings. The van der Waals surface area contributed by atoms with Gasteiger partial charge in [-0.25, -0.2) is 21.9 Å². The summed E-state index contributed by atoms with van der Waals surface area (Å²) in [6.07, 6.45) is 0.511. The first-order valence-electron chi connectivity index (χ1n) is 5.50. The summed E-state index contributed by atoms with van der Waals surface area (Å²) in [6.45, 7) is 3.03. The van der Waals surface area contributed by atoms with Gasteiger partial charge in [-0.15, -0.1) is 0 Å². The van der Waals surface area contributed by atoms with Crippen LogP contribution in [0.3, 0.4) is 0 Å². The maximum absolute atomic E-state index is 12.9. The van der Waals surface area contributed by atoms with Crippen molar-refractivity contribution in [3.05, 3.63) is 29.8 Å². The Bertz CT molecular complexity index is 491. The molecule has 0 amide bonds. The third-order valence-corrected chi connectivity index (χ3v) is 3.62. The fraction of sp³-hybridized carbons (Fsp3) is 0.455. The summed E-state index contributed by atoms with van der Waals surface area (Å²) in [5, 5.41) is 0. The molecule has 0 aliphatic carbocycles. The molecule has 0 spiro atoms. The number of hydrogen-bond donors (Lipinski definition) is 1. The third kappa shape index (κ3) is 4.32. The summed E-state index contributed by atoms with van der Waals surface area (Å²) in [6, 6.07) is 2.45. The van der Waals surface area contributed by atoms with Crippen molar-refractivity contribution >= 4 is 10.0 Å². The van der Waals surface area contributed by atoms with Crippen molar-refractivity contribution in [3.63, 3.8) is 0 Å². The standard InChI is InChI=1S/C11H15F2NO3S/c1-2-17-7-3-6-14-18(15,16)9-4-5-10(12)11(13)8-9/h4-5,8,14H,2-3,6-7H2,1H3. The van der Waals surface area contributed by atoms with Crippen LogP contribution in [0.15, 0.2) is 23.1 Å². The van der Waals surface area contributed by atoms with Crippen molar-refractivity contribution < 1.29 is 21.9 Å². The van der Waals surface area contributed by atoms with E-state index in [2.05, 4.69) is 4.72 Å². The van der Waals surface area contributed by atoms with E-state index in [4.69, 9.17) is 4.74 Å². The van der Waals surface area contributed by atoms with Gasteiger partial charge in [0.05, 0.1) is 4.90 Å². The van der Waals surface area contributed by atoms with Gasteiger partial charge in [0.25, 0.3) is 0 Å². The Balaban J connectivity index is 2.60. The van der Waals surface area contributed by atoms with Crippen molar-refractivity contribution in [2.45, 2.75) is 18.2 Å². The van der Waals surface area contributed by atoms with E-state index >= 15 is 0 Å². The highest BCUT2D eigenvalue weighted by Gasteiger charge is 2.15. The van der Waals surface area contributed by atoms with Gasteiger partial charge in [0.15, 0.2) is 11.6 Å². The van der Waals surface area contributed by atoms with E-state index < -0.39 is 21.7 Å². The summed E-state index contributed by atoms with van der Waals surface area (Å²) in [7, 11) is -3.80. The fourth-order valence-corrected chi connectivity index (χ4v) is 2.34. The van der Waals surface area contributed by atoms with Crippen LogP contribution in [0.2, 0.25) is 0 Å². The fourth-order valence-electron chi connectivity index (χ4n) is 1.25. The van der Waals surface area contributed by atoms with E-state index in [1.165, 1.54) is 0 Å². The Morgan fingerprint density at radius 3 is 2.61 bits per heavy atom. The zero-order valence-electron chi connectivity index (χ0n) is 9.95. The first kappa shape index (κ1) is 15.0. The number of nitrogens with one attached hydrogen (secondary N) is 1. The van der Waals surface area contributed by atoms with Gasteiger partial charge in [-0.05, 0) is 31.5 Å². The molecule has 1 aromatic carbocycles. The van der Waals surface area contributed by atoms with Crippen LogP contribution in [-0.2, 0) is 14.8 Å². The molecule has 1 rings (SSSR count). The maximum atomic E-state index is 12.9. The molecule has 0 aromatic heterocycles. The van der Waals surface area contributed by atoms with Crippen molar-refractivity contribution in [1.29, 1.82) is 0 Å². The highest BCUT2D eigenvalue weighted by atomic mass is 32.2. The molecular formula is C11H15F2NO3S. The first-order valence-corrected chi connectivity index (χ1v) is 6.98. The van der Waals surface area contributed by atoms with E-state index in [1.54, 1.807) is 0 Å². The molecule has 4 nitrogen and oxygen atoms in total. The second-order valence-corrected chi connectivity index (χ2v) is 5.29. The topological polar surface area (TPSA) is 55.4 Å². The molecule has 7 heteroatoms. The van der Waals surface area contributed by atoms with Crippen LogP contribution >= 0.6 is 0 Å². The highest BCUT2D eigenvalue weighted by molar-refractivity contribution is 7.89. The average molecular weight is 279 g/mol. The number of sulfonamides is 1. The quantitative estimate of drug-likeness (QED) is 0.772. The lowest BCUT2D eigenvalue weighted by molar-refractivity contribution is 0.146. The number of ether oxygens (including phenoxy) is 1. The molecule has 0 aliphatic rings. The van der Waals surface area contributed by atoms with Gasteiger partial charge >= 0.3 is 0 Å². The maximum Gasteiger partial charge on any atom is 0.240 e. The summed E-state index contributed by atoms with van der Waals surface area (Å²) in [5.74, 6) is -2.27. The van der Waals surface area contributed by atoms with Crippen LogP contribution in [0, 0.1) is 11.6 Å². The minimum Gasteiger partial charge on any atom is -0.382 e. The Labute approximate surface area is 105 Å². The van der Waals surface area contributed by atoms with E-state index in [1.807, 2.05) is 6.92 Å². The smallest absolute Gasteiger partial charge is 0.240 e. The van der Waals surface area contributed by atoms with Gasteiger partial charge in [-0.3, -0.25) is 0 Å². The van der Waals surface area contributed by atoms with E-state index in [0.717, 1.165) is 12.1 Å². The molecule has 0 aliphatic heterocycles. The molecule has 0 saturated heterocycles. The van der Waals surface area contributed by atoms with Crippen LogP contribution in [0.1, 0.15) is 13.3 Å². The zero-order valence-corrected chi connectivity index (χ0v) is 10.8. The molecule has 1 N–H and O–H groups in total. The lowest BCUT2D eigenvalue weighted by Crippen LogP contribution is -2.25. The van der Waals surface area contributed by atoms with Crippen LogP contribution in [0.4, 0.5) is 8.78 Å². The predicted octanol–water partition coefficient (Wildman–Crippen LogP) is 1.67. The van der Waals surface area contributed by atoms with Gasteiger partial charge < -0.3 is 4.74 Å². The zero-order chi connectivity index (χ0) is 13.6. The summed E-state index contributed by atoms with van der Waals surface area (Å²) >= 11 is 0. The van der Waals surface area contributed by atoms with Gasteiger partial charge in [0.1, 0.15) is 0 Å². The molecule has 0 atom stereocenters. The van der Waals surface area contributed by atoms with E-state index in [0.29, 0.717) is 25.7 Å². The normalized spacial score (nSPS) is 11.7. The van der Waals surface area contributed by atoms with E-state index in [9.17, 15) is 17.2 Å². The molecular weight excluding hydrogens is 264 g/mol. The highest BCUT2D eigenvalue weighted by Crippen LogP contribution is 2.13. The SMILES string of the molecule is CCOCCCNS(=O)(=O)c1ccc(F)c(F)c1. The molecule has 102 valence electrons. The molecule has 0 fully saturated rings. The predicted molar refractivity (Wildman–Crippen MR) is 62.7 cm³/mol. The molecule has 0 heterocycles. The largest absolute Gasteiger partial charge is 0.382 e. The average Bonchev–Trinajstić information content (AvgIpc) is 2.32. The third-order valence-electron chi connectivity index (χ3n) is 2.16. The van der Waals surface area contributed by atoms with Crippen molar-refractivity contribution in [1.82, 2.24) is 4.72 Å². The molecule has 0 bridgehead atoms. The Kier molecular flexibility index (Phi) is 5.64. The van der Waals surface area contributed by atoms with Crippen LogP contribution in [0.5, 0.6) is 0 Å². The second-order valence-electron chi connectivity index (χ2n) is 3.52. The minimum absolute atomic E-state index is 0.182. The number of benzene rings is 1. The van der Waals surface area contributed by atoms with Crippen LogP contribution in [-0.4, -0.2) is 28.2 Å². The lowest BCUT2D eigenvalue weighted by Gasteiger charge is -2.07. The molecule has 18 heavy (non-hydrogen) atoms. The van der Waals surface area contributed by atoms with Crippen molar-refractivity contribution in [2.75, 3.05) is 19.8 Å². The van der Waals surface area contributed by atoms with Gasteiger partial charge in [-0.2, -0.15) is 0 Å². The summed E-state index contributed by atoms with van der Waals surface area (Å²) in [5.41, 5.74) is 0. The molecule has 0 saturated carbocycles. The monoisotopic (exact) mass is 279 g/mol. The molecule has 0 unspecified atom stereocenters. The van der Waals surface area contributed by atoms with Gasteiger partial charge in [0, 0.05) is 19.8 Å². The van der Waals surface area contributed by atoms with Gasteiger partial charge in [0.2, 0.25) is 10.0 Å². The van der Waals surface area contributed by atoms with Gasteiger partial charge in [-0.1, -0.05) is 0 Å². The Morgan fingerprint density at radius 2 is 2.00 bits per heavy atom. The number of rotatable bonds is 7. The summed E-state index contributed by atoms with van der Waals surface area (Å²) < 4.78 is 56.3. The van der Waals surface area contributed by atoms with E-state index in [-0.39, 0.29) is 11.4 Å². The minimum atomic E-state index is -3.80.